The van der Waals surface area contributed by atoms with Crippen LogP contribution in [0.5, 0.6) is 0 Å². The molecule has 19 heavy (non-hydrogen) atoms. The van der Waals surface area contributed by atoms with E-state index >= 15 is 0 Å². The Morgan fingerprint density at radius 1 is 1.16 bits per heavy atom. The molecule has 0 aromatic heterocycles. The van der Waals surface area contributed by atoms with E-state index in [1.165, 1.54) is 5.56 Å². The van der Waals surface area contributed by atoms with Crippen molar-refractivity contribution in [2.45, 2.75) is 53.0 Å². The first-order valence-electron chi connectivity index (χ1n) is 6.99. The molecular formula is C16H25Cl2N. The third-order valence-corrected chi connectivity index (χ3v) is 3.75. The van der Waals surface area contributed by atoms with Gasteiger partial charge >= 0.3 is 0 Å². The van der Waals surface area contributed by atoms with Crippen molar-refractivity contribution in [3.8, 4) is 0 Å². The monoisotopic (exact) mass is 301 g/mol. The van der Waals surface area contributed by atoms with Gasteiger partial charge in [-0.25, -0.2) is 0 Å². The van der Waals surface area contributed by atoms with Gasteiger partial charge in [0.05, 0.1) is 10.0 Å². The fourth-order valence-corrected chi connectivity index (χ4v) is 2.58. The van der Waals surface area contributed by atoms with E-state index < -0.39 is 0 Å². The third-order valence-electron chi connectivity index (χ3n) is 3.01. The Hall–Kier alpha value is -0.240. The molecule has 1 aromatic carbocycles. The van der Waals surface area contributed by atoms with Crippen LogP contribution in [0.1, 0.15) is 46.1 Å². The van der Waals surface area contributed by atoms with Crippen LogP contribution in [-0.4, -0.2) is 12.6 Å². The fraction of sp³-hybridized carbons (Fsp3) is 0.625. The van der Waals surface area contributed by atoms with Crippen LogP contribution >= 0.6 is 23.2 Å². The SMILES string of the molecule is CCCNC(Cc1ccc(Cl)c(Cl)c1)CC(C)(C)C. The minimum absolute atomic E-state index is 0.321. The smallest absolute Gasteiger partial charge is 0.0595 e. The van der Waals surface area contributed by atoms with E-state index in [1.54, 1.807) is 0 Å². The van der Waals surface area contributed by atoms with E-state index in [9.17, 15) is 0 Å². The molecule has 1 unspecified atom stereocenters. The summed E-state index contributed by atoms with van der Waals surface area (Å²) >= 11 is 12.0. The number of benzene rings is 1. The van der Waals surface area contributed by atoms with E-state index in [1.807, 2.05) is 12.1 Å². The van der Waals surface area contributed by atoms with Gasteiger partial charge in [0.1, 0.15) is 0 Å². The lowest BCUT2D eigenvalue weighted by Crippen LogP contribution is -2.35. The molecule has 0 amide bonds. The number of rotatable bonds is 6. The van der Waals surface area contributed by atoms with Crippen molar-refractivity contribution in [3.63, 3.8) is 0 Å². The molecule has 1 N–H and O–H groups in total. The van der Waals surface area contributed by atoms with E-state index in [0.717, 1.165) is 25.8 Å². The third kappa shape index (κ3) is 6.65. The Morgan fingerprint density at radius 3 is 2.37 bits per heavy atom. The zero-order valence-corrected chi connectivity index (χ0v) is 13.9. The molecule has 1 aromatic rings. The van der Waals surface area contributed by atoms with Gasteiger partial charge in [-0.1, -0.05) is 57.0 Å². The average Bonchev–Trinajstić information content (AvgIpc) is 2.29. The Morgan fingerprint density at radius 2 is 1.84 bits per heavy atom. The predicted octanol–water partition coefficient (Wildman–Crippen LogP) is 5.34. The summed E-state index contributed by atoms with van der Waals surface area (Å²) in [7, 11) is 0. The molecule has 1 atom stereocenters. The van der Waals surface area contributed by atoms with Crippen LogP contribution in [0.2, 0.25) is 10.0 Å². The molecule has 0 aliphatic carbocycles. The highest BCUT2D eigenvalue weighted by atomic mass is 35.5. The Labute approximate surface area is 127 Å². The van der Waals surface area contributed by atoms with Crippen LogP contribution in [0.3, 0.4) is 0 Å². The lowest BCUT2D eigenvalue weighted by atomic mass is 9.86. The molecule has 0 saturated carbocycles. The van der Waals surface area contributed by atoms with E-state index in [-0.39, 0.29) is 0 Å². The second-order valence-electron chi connectivity index (χ2n) is 6.37. The van der Waals surface area contributed by atoms with Crippen LogP contribution in [-0.2, 0) is 6.42 Å². The van der Waals surface area contributed by atoms with Gasteiger partial charge in [0.15, 0.2) is 0 Å². The van der Waals surface area contributed by atoms with E-state index in [2.05, 4.69) is 39.1 Å². The van der Waals surface area contributed by atoms with Crippen molar-refractivity contribution in [1.29, 1.82) is 0 Å². The first kappa shape index (κ1) is 16.8. The van der Waals surface area contributed by atoms with Gasteiger partial charge in [0.2, 0.25) is 0 Å². The Kier molecular flexibility index (Phi) is 6.65. The van der Waals surface area contributed by atoms with Crippen molar-refractivity contribution < 1.29 is 0 Å². The molecule has 3 heteroatoms. The molecule has 108 valence electrons. The van der Waals surface area contributed by atoms with Crippen molar-refractivity contribution >= 4 is 23.2 Å². The van der Waals surface area contributed by atoms with Crippen molar-refractivity contribution in [2.24, 2.45) is 5.41 Å². The minimum Gasteiger partial charge on any atom is -0.314 e. The van der Waals surface area contributed by atoms with Gasteiger partial charge in [-0.15, -0.1) is 0 Å². The number of hydrogen-bond donors (Lipinski definition) is 1. The van der Waals surface area contributed by atoms with Gasteiger partial charge in [0.25, 0.3) is 0 Å². The number of nitrogens with one attached hydrogen (secondary N) is 1. The van der Waals surface area contributed by atoms with Gasteiger partial charge in [-0.2, -0.15) is 0 Å². The molecule has 1 nitrogen and oxygen atoms in total. The first-order valence-corrected chi connectivity index (χ1v) is 7.74. The van der Waals surface area contributed by atoms with Crippen LogP contribution in [0.15, 0.2) is 18.2 Å². The molecular weight excluding hydrogens is 277 g/mol. The second-order valence-corrected chi connectivity index (χ2v) is 7.18. The molecule has 0 aliphatic rings. The highest BCUT2D eigenvalue weighted by molar-refractivity contribution is 6.42. The van der Waals surface area contributed by atoms with Gasteiger partial charge in [0, 0.05) is 6.04 Å². The quantitative estimate of drug-likeness (QED) is 0.748. The Balaban J connectivity index is 2.72. The summed E-state index contributed by atoms with van der Waals surface area (Å²) in [5, 5.41) is 4.90. The molecule has 0 radical (unpaired) electrons. The molecule has 0 aliphatic heterocycles. The van der Waals surface area contributed by atoms with Crippen LogP contribution in [0.4, 0.5) is 0 Å². The summed E-state index contributed by atoms with van der Waals surface area (Å²) in [6, 6.07) is 6.41. The maximum Gasteiger partial charge on any atom is 0.0595 e. The zero-order chi connectivity index (χ0) is 14.5. The molecule has 0 fully saturated rings. The van der Waals surface area contributed by atoms with Crippen molar-refractivity contribution in [1.82, 2.24) is 5.32 Å². The molecule has 0 bridgehead atoms. The summed E-state index contributed by atoms with van der Waals surface area (Å²) in [4.78, 5) is 0. The van der Waals surface area contributed by atoms with Crippen molar-refractivity contribution in [2.75, 3.05) is 6.54 Å². The van der Waals surface area contributed by atoms with Gasteiger partial charge < -0.3 is 5.32 Å². The standard InChI is InChI=1S/C16H25Cl2N/c1-5-8-19-13(11-16(2,3)4)9-12-6-7-14(17)15(18)10-12/h6-7,10,13,19H,5,8-9,11H2,1-4H3. The summed E-state index contributed by atoms with van der Waals surface area (Å²) in [6.07, 6.45) is 3.30. The normalized spacial score (nSPS) is 13.6. The predicted molar refractivity (Wildman–Crippen MR) is 86.3 cm³/mol. The Bertz CT molecular complexity index is 396. The summed E-state index contributed by atoms with van der Waals surface area (Å²) in [5.74, 6) is 0. The lowest BCUT2D eigenvalue weighted by molar-refractivity contribution is 0.306. The topological polar surface area (TPSA) is 12.0 Å². The van der Waals surface area contributed by atoms with Crippen LogP contribution in [0, 0.1) is 5.41 Å². The van der Waals surface area contributed by atoms with Crippen LogP contribution in [0.25, 0.3) is 0 Å². The number of hydrogen-bond acceptors (Lipinski definition) is 1. The van der Waals surface area contributed by atoms with Gasteiger partial charge in [-0.05, 0) is 48.9 Å². The van der Waals surface area contributed by atoms with Crippen molar-refractivity contribution in [3.05, 3.63) is 33.8 Å². The minimum atomic E-state index is 0.321. The summed E-state index contributed by atoms with van der Waals surface area (Å²) in [6.45, 7) is 10.1. The van der Waals surface area contributed by atoms with E-state index in [4.69, 9.17) is 23.2 Å². The summed E-state index contributed by atoms with van der Waals surface area (Å²) in [5.41, 5.74) is 1.56. The lowest BCUT2D eigenvalue weighted by Gasteiger charge is -2.27. The zero-order valence-electron chi connectivity index (χ0n) is 12.4. The maximum atomic E-state index is 6.08. The van der Waals surface area contributed by atoms with E-state index in [0.29, 0.717) is 21.5 Å². The molecule has 0 spiro atoms. The second kappa shape index (κ2) is 7.52. The first-order chi connectivity index (χ1) is 8.81. The molecule has 1 rings (SSSR count). The molecule has 0 saturated heterocycles. The summed E-state index contributed by atoms with van der Waals surface area (Å²) < 4.78 is 0. The van der Waals surface area contributed by atoms with Crippen LogP contribution < -0.4 is 5.32 Å². The maximum absolute atomic E-state index is 6.08. The number of halogens is 2. The largest absolute Gasteiger partial charge is 0.314 e. The van der Waals surface area contributed by atoms with Gasteiger partial charge in [-0.3, -0.25) is 0 Å². The highest BCUT2D eigenvalue weighted by Gasteiger charge is 2.18. The molecule has 0 heterocycles. The fourth-order valence-electron chi connectivity index (χ4n) is 2.26. The average molecular weight is 302 g/mol. The highest BCUT2D eigenvalue weighted by Crippen LogP contribution is 2.26.